The largest absolute Gasteiger partial charge is 0.481 e. The van der Waals surface area contributed by atoms with E-state index in [0.717, 1.165) is 12.1 Å². The average molecular weight is 262 g/mol. The van der Waals surface area contributed by atoms with Crippen molar-refractivity contribution in [1.82, 2.24) is 0 Å². The van der Waals surface area contributed by atoms with Crippen LogP contribution in [0.2, 0.25) is 0 Å². The van der Waals surface area contributed by atoms with Gasteiger partial charge in [0, 0.05) is 0 Å². The quantitative estimate of drug-likeness (QED) is 0.849. The molecule has 0 bridgehead atoms. The molecule has 1 aliphatic rings. The van der Waals surface area contributed by atoms with Gasteiger partial charge in [0.25, 0.3) is 0 Å². The maximum absolute atomic E-state index is 12.9. The zero-order chi connectivity index (χ0) is 13.6. The van der Waals surface area contributed by atoms with Crippen molar-refractivity contribution in [1.29, 1.82) is 0 Å². The topological polar surface area (TPSA) is 37.3 Å². The summed E-state index contributed by atoms with van der Waals surface area (Å²) in [4.78, 5) is 11.0. The smallest absolute Gasteiger partial charge is 0.416 e. The fraction of sp³-hybridized carbons (Fsp3) is 0.417. The Hall–Kier alpha value is -1.59. The van der Waals surface area contributed by atoms with Crippen molar-refractivity contribution in [2.75, 3.05) is 0 Å². The van der Waals surface area contributed by atoms with E-state index < -0.39 is 28.9 Å². The van der Waals surface area contributed by atoms with Crippen molar-refractivity contribution in [3.8, 4) is 0 Å². The molecule has 2 nitrogen and oxygen atoms in total. The van der Waals surface area contributed by atoms with Crippen molar-refractivity contribution in [3.05, 3.63) is 35.1 Å². The lowest BCUT2D eigenvalue weighted by Gasteiger charge is -2.16. The van der Waals surface area contributed by atoms with Crippen LogP contribution in [0.3, 0.4) is 0 Å². The monoisotopic (exact) mass is 262 g/mol. The lowest BCUT2D eigenvalue weighted by Crippen LogP contribution is -2.20. The van der Waals surface area contributed by atoms with Gasteiger partial charge in [-0.1, -0.05) is 6.07 Å². The highest BCUT2D eigenvalue weighted by molar-refractivity contribution is 5.78. The highest BCUT2D eigenvalue weighted by atomic mass is 19.4. The van der Waals surface area contributed by atoms with Gasteiger partial charge in [-0.3, -0.25) is 4.79 Å². The van der Waals surface area contributed by atoms with Crippen LogP contribution >= 0.6 is 0 Å². The minimum atomic E-state index is -4.67. The molecule has 1 fully saturated rings. The van der Waals surface area contributed by atoms with E-state index in [0.29, 0.717) is 18.9 Å². The second kappa shape index (κ2) is 3.96. The average Bonchev–Trinajstić information content (AvgIpc) is 3.00. The summed E-state index contributed by atoms with van der Waals surface area (Å²) in [6.07, 6.45) is -4.17. The number of hydrogen-bond acceptors (Lipinski definition) is 1. The zero-order valence-corrected chi connectivity index (χ0v) is 9.22. The summed E-state index contributed by atoms with van der Waals surface area (Å²) in [5.41, 5.74) is -2.35. The summed E-state index contributed by atoms with van der Waals surface area (Å²) in [5, 5.41) is 8.96. The molecule has 0 radical (unpaired) electrons. The van der Waals surface area contributed by atoms with Gasteiger partial charge in [-0.15, -0.1) is 0 Å². The van der Waals surface area contributed by atoms with E-state index in [-0.39, 0.29) is 12.0 Å². The van der Waals surface area contributed by atoms with E-state index >= 15 is 0 Å². The van der Waals surface area contributed by atoms with E-state index in [1.165, 1.54) is 0 Å². The van der Waals surface area contributed by atoms with Crippen molar-refractivity contribution in [3.63, 3.8) is 0 Å². The van der Waals surface area contributed by atoms with Gasteiger partial charge in [0.2, 0.25) is 0 Å². The van der Waals surface area contributed by atoms with E-state index in [1.807, 2.05) is 0 Å². The zero-order valence-electron chi connectivity index (χ0n) is 9.22. The first kappa shape index (κ1) is 12.9. The molecule has 0 heterocycles. The standard InChI is InChI=1S/C12H10F4O2/c13-8-2-1-7(9(5-8)12(14,15)16)6-11(3-4-11)10(17)18/h1-2,5H,3-4,6H2,(H,17,18). The Balaban J connectivity index is 2.37. The highest BCUT2D eigenvalue weighted by Gasteiger charge is 2.51. The minimum absolute atomic E-state index is 0.163. The summed E-state index contributed by atoms with van der Waals surface area (Å²) in [6.45, 7) is 0. The van der Waals surface area contributed by atoms with E-state index in [1.54, 1.807) is 0 Å². The first-order valence-electron chi connectivity index (χ1n) is 5.34. The fourth-order valence-corrected chi connectivity index (χ4v) is 1.95. The molecule has 98 valence electrons. The third kappa shape index (κ3) is 2.32. The molecule has 0 atom stereocenters. The summed E-state index contributed by atoms with van der Waals surface area (Å²) in [5.74, 6) is -2.08. The number of hydrogen-bond donors (Lipinski definition) is 1. The van der Waals surface area contributed by atoms with Crippen molar-refractivity contribution >= 4 is 5.97 Å². The molecule has 0 unspecified atom stereocenters. The van der Waals surface area contributed by atoms with Gasteiger partial charge < -0.3 is 5.11 Å². The van der Waals surface area contributed by atoms with Crippen LogP contribution in [0.1, 0.15) is 24.0 Å². The second-order valence-electron chi connectivity index (χ2n) is 4.56. The third-order valence-corrected chi connectivity index (χ3v) is 3.21. The Kier molecular flexibility index (Phi) is 2.83. The Bertz CT molecular complexity index is 489. The van der Waals surface area contributed by atoms with E-state index in [4.69, 9.17) is 5.11 Å². The van der Waals surface area contributed by atoms with Crippen molar-refractivity contribution in [2.24, 2.45) is 5.41 Å². The summed E-state index contributed by atoms with van der Waals surface area (Å²) >= 11 is 0. The van der Waals surface area contributed by atoms with Crippen LogP contribution < -0.4 is 0 Å². The van der Waals surface area contributed by atoms with Gasteiger partial charge in [0.05, 0.1) is 11.0 Å². The number of alkyl halides is 3. The number of halogens is 4. The molecule has 0 aliphatic heterocycles. The summed E-state index contributed by atoms with van der Waals surface area (Å²) in [6, 6.07) is 2.34. The minimum Gasteiger partial charge on any atom is -0.481 e. The molecule has 6 heteroatoms. The van der Waals surface area contributed by atoms with Crippen LogP contribution in [-0.4, -0.2) is 11.1 Å². The Morgan fingerprint density at radius 3 is 2.39 bits per heavy atom. The van der Waals surface area contributed by atoms with Gasteiger partial charge in [0.15, 0.2) is 0 Å². The molecule has 1 aromatic carbocycles. The van der Waals surface area contributed by atoms with Crippen molar-refractivity contribution in [2.45, 2.75) is 25.4 Å². The van der Waals surface area contributed by atoms with E-state index in [9.17, 15) is 22.4 Å². The molecule has 1 N–H and O–H groups in total. The maximum Gasteiger partial charge on any atom is 0.416 e. The SMILES string of the molecule is O=C(O)C1(Cc2ccc(F)cc2C(F)(F)F)CC1. The number of carbonyl (C=O) groups is 1. The molecule has 1 aromatic rings. The Labute approximate surface area is 100 Å². The van der Waals surface area contributed by atoms with E-state index in [2.05, 4.69) is 0 Å². The second-order valence-corrected chi connectivity index (χ2v) is 4.56. The van der Waals surface area contributed by atoms with Crippen LogP contribution in [-0.2, 0) is 17.4 Å². The lowest BCUT2D eigenvalue weighted by molar-refractivity contribution is -0.144. The first-order valence-corrected chi connectivity index (χ1v) is 5.34. The number of benzene rings is 1. The fourth-order valence-electron chi connectivity index (χ4n) is 1.95. The number of aliphatic carboxylic acids is 1. The molecule has 0 saturated heterocycles. The molecule has 0 amide bonds. The molecular weight excluding hydrogens is 252 g/mol. The van der Waals surface area contributed by atoms with Gasteiger partial charge in [0.1, 0.15) is 5.82 Å². The number of carboxylic acid groups (broad SMARTS) is 1. The normalized spacial score (nSPS) is 17.6. The van der Waals surface area contributed by atoms with Gasteiger partial charge in [-0.05, 0) is 37.0 Å². The van der Waals surface area contributed by atoms with Crippen LogP contribution in [0.5, 0.6) is 0 Å². The van der Waals surface area contributed by atoms with Gasteiger partial charge in [-0.2, -0.15) is 13.2 Å². The summed E-state index contributed by atoms with van der Waals surface area (Å²) in [7, 11) is 0. The van der Waals surface area contributed by atoms with Gasteiger partial charge in [-0.25, -0.2) is 4.39 Å². The maximum atomic E-state index is 12.9. The van der Waals surface area contributed by atoms with Crippen LogP contribution in [0, 0.1) is 11.2 Å². The third-order valence-electron chi connectivity index (χ3n) is 3.21. The number of rotatable bonds is 3. The molecule has 1 aliphatic carbocycles. The molecule has 1 saturated carbocycles. The predicted octanol–water partition coefficient (Wildman–Crippen LogP) is 3.25. The summed E-state index contributed by atoms with van der Waals surface area (Å²) < 4.78 is 51.0. The van der Waals surface area contributed by atoms with Crippen LogP contribution in [0.15, 0.2) is 18.2 Å². The lowest BCUT2D eigenvalue weighted by atomic mass is 9.93. The first-order chi connectivity index (χ1) is 8.24. The molecule has 18 heavy (non-hydrogen) atoms. The molecular formula is C12H10F4O2. The molecule has 0 spiro atoms. The Morgan fingerprint density at radius 1 is 1.33 bits per heavy atom. The van der Waals surface area contributed by atoms with Crippen molar-refractivity contribution < 1.29 is 27.5 Å². The Morgan fingerprint density at radius 2 is 1.94 bits per heavy atom. The predicted molar refractivity (Wildman–Crippen MR) is 54.4 cm³/mol. The molecule has 2 rings (SSSR count). The van der Waals surface area contributed by atoms with Crippen LogP contribution in [0.4, 0.5) is 17.6 Å². The van der Waals surface area contributed by atoms with Gasteiger partial charge >= 0.3 is 12.1 Å². The van der Waals surface area contributed by atoms with Crippen LogP contribution in [0.25, 0.3) is 0 Å². The highest BCUT2D eigenvalue weighted by Crippen LogP contribution is 2.50. The molecule has 0 aromatic heterocycles. The number of carboxylic acids is 1.